The third-order valence-corrected chi connectivity index (χ3v) is 3.31. The lowest BCUT2D eigenvalue weighted by Crippen LogP contribution is -2.28. The molecule has 108 valence electrons. The zero-order chi connectivity index (χ0) is 14.3. The summed E-state index contributed by atoms with van der Waals surface area (Å²) in [5, 5.41) is 12.8. The Morgan fingerprint density at radius 2 is 2.11 bits per heavy atom. The minimum Gasteiger partial charge on any atom is -0.493 e. The normalized spacial score (nSPS) is 14.2. The fraction of sp³-hybridized carbons (Fsp3) is 0.600. The number of aliphatic hydroxyl groups excluding tert-OH is 1. The summed E-state index contributed by atoms with van der Waals surface area (Å²) in [7, 11) is 0. The second-order valence-electron chi connectivity index (χ2n) is 4.97. The van der Waals surface area contributed by atoms with Crippen molar-refractivity contribution in [2.24, 2.45) is 0 Å². The Balaban J connectivity index is 2.62. The van der Waals surface area contributed by atoms with E-state index in [1.807, 2.05) is 19.1 Å². The van der Waals surface area contributed by atoms with E-state index >= 15 is 0 Å². The average Bonchev–Trinajstić information content (AvgIpc) is 2.34. The molecular formula is C15H24BrNO2. The minimum absolute atomic E-state index is 0.276. The molecule has 0 spiro atoms. The molecule has 0 saturated heterocycles. The van der Waals surface area contributed by atoms with Crippen LogP contribution in [0.4, 0.5) is 0 Å². The number of rotatable bonds is 8. The van der Waals surface area contributed by atoms with Crippen LogP contribution in [0.5, 0.6) is 5.75 Å². The number of ether oxygens (including phenoxy) is 1. The molecule has 0 bridgehead atoms. The second-order valence-corrected chi connectivity index (χ2v) is 5.88. The molecule has 1 aromatic rings. The molecule has 1 aromatic carbocycles. The number of nitrogens with one attached hydrogen (secondary N) is 1. The largest absolute Gasteiger partial charge is 0.493 e. The van der Waals surface area contributed by atoms with Gasteiger partial charge in [-0.2, -0.15) is 0 Å². The summed E-state index contributed by atoms with van der Waals surface area (Å²) in [6.07, 6.45) is 1.47. The maximum absolute atomic E-state index is 9.36. The van der Waals surface area contributed by atoms with Crippen LogP contribution in [0.1, 0.15) is 39.2 Å². The lowest BCUT2D eigenvalue weighted by molar-refractivity contribution is 0.170. The molecule has 3 nitrogen and oxygen atoms in total. The fourth-order valence-electron chi connectivity index (χ4n) is 1.92. The van der Waals surface area contributed by atoms with E-state index in [1.165, 1.54) is 0 Å². The lowest BCUT2D eigenvalue weighted by atomic mass is 10.1. The summed E-state index contributed by atoms with van der Waals surface area (Å²) >= 11 is 3.49. The monoisotopic (exact) mass is 329 g/mol. The van der Waals surface area contributed by atoms with Crippen molar-refractivity contribution in [1.82, 2.24) is 5.32 Å². The summed E-state index contributed by atoms with van der Waals surface area (Å²) in [6.45, 7) is 7.47. The van der Waals surface area contributed by atoms with Gasteiger partial charge < -0.3 is 15.2 Å². The second kappa shape index (κ2) is 8.56. The van der Waals surface area contributed by atoms with E-state index in [1.54, 1.807) is 0 Å². The van der Waals surface area contributed by atoms with Gasteiger partial charge in [0.2, 0.25) is 0 Å². The van der Waals surface area contributed by atoms with Crippen LogP contribution in [0.2, 0.25) is 0 Å². The standard InChI is InChI=1S/C15H24BrNO2/c1-4-7-19-15-6-5-14(16)9-13(15)10-17-11(2)8-12(3)18/h5-6,9,11-12,17-18H,4,7-8,10H2,1-3H3. The molecular weight excluding hydrogens is 306 g/mol. The van der Waals surface area contributed by atoms with Crippen LogP contribution >= 0.6 is 15.9 Å². The van der Waals surface area contributed by atoms with Crippen LogP contribution < -0.4 is 10.1 Å². The van der Waals surface area contributed by atoms with E-state index in [2.05, 4.69) is 41.2 Å². The van der Waals surface area contributed by atoms with Gasteiger partial charge in [-0.05, 0) is 44.9 Å². The van der Waals surface area contributed by atoms with Gasteiger partial charge in [-0.25, -0.2) is 0 Å². The zero-order valence-corrected chi connectivity index (χ0v) is 13.5. The first-order valence-corrected chi connectivity index (χ1v) is 7.65. The van der Waals surface area contributed by atoms with Gasteiger partial charge in [-0.1, -0.05) is 22.9 Å². The van der Waals surface area contributed by atoms with Gasteiger partial charge in [0.1, 0.15) is 5.75 Å². The van der Waals surface area contributed by atoms with Crippen LogP contribution in [-0.4, -0.2) is 23.9 Å². The Hall–Kier alpha value is -0.580. The average molecular weight is 330 g/mol. The highest BCUT2D eigenvalue weighted by atomic mass is 79.9. The predicted molar refractivity (Wildman–Crippen MR) is 82.5 cm³/mol. The SMILES string of the molecule is CCCOc1ccc(Br)cc1CNC(C)CC(C)O. The van der Waals surface area contributed by atoms with Gasteiger partial charge in [-0.15, -0.1) is 0 Å². The maximum atomic E-state index is 9.36. The highest BCUT2D eigenvalue weighted by Crippen LogP contribution is 2.23. The lowest BCUT2D eigenvalue weighted by Gasteiger charge is -2.17. The molecule has 0 saturated carbocycles. The zero-order valence-electron chi connectivity index (χ0n) is 11.9. The topological polar surface area (TPSA) is 41.5 Å². The first kappa shape index (κ1) is 16.5. The first-order chi connectivity index (χ1) is 9.02. The van der Waals surface area contributed by atoms with Gasteiger partial charge in [0.25, 0.3) is 0 Å². The Morgan fingerprint density at radius 3 is 2.74 bits per heavy atom. The van der Waals surface area contributed by atoms with E-state index < -0.39 is 0 Å². The van der Waals surface area contributed by atoms with Gasteiger partial charge in [0, 0.05) is 22.6 Å². The van der Waals surface area contributed by atoms with E-state index in [4.69, 9.17) is 4.74 Å². The Bertz CT molecular complexity index is 382. The van der Waals surface area contributed by atoms with Crippen molar-refractivity contribution in [3.05, 3.63) is 28.2 Å². The molecule has 2 N–H and O–H groups in total. The van der Waals surface area contributed by atoms with Crippen molar-refractivity contribution in [1.29, 1.82) is 0 Å². The molecule has 0 aliphatic rings. The summed E-state index contributed by atoms with van der Waals surface area (Å²) in [5.41, 5.74) is 1.14. The van der Waals surface area contributed by atoms with E-state index in [0.717, 1.165) is 41.8 Å². The van der Waals surface area contributed by atoms with E-state index in [9.17, 15) is 5.11 Å². The Labute approximate surface area is 124 Å². The van der Waals surface area contributed by atoms with Crippen LogP contribution in [0, 0.1) is 0 Å². The van der Waals surface area contributed by atoms with Crippen LogP contribution in [0.3, 0.4) is 0 Å². The van der Waals surface area contributed by atoms with Gasteiger partial charge >= 0.3 is 0 Å². The van der Waals surface area contributed by atoms with Crippen molar-refractivity contribution < 1.29 is 9.84 Å². The van der Waals surface area contributed by atoms with Crippen molar-refractivity contribution >= 4 is 15.9 Å². The molecule has 0 radical (unpaired) electrons. The summed E-state index contributed by atoms with van der Waals surface area (Å²) in [4.78, 5) is 0. The van der Waals surface area contributed by atoms with Crippen molar-refractivity contribution in [2.45, 2.75) is 52.3 Å². The van der Waals surface area contributed by atoms with Gasteiger partial charge in [0.15, 0.2) is 0 Å². The molecule has 0 fully saturated rings. The minimum atomic E-state index is -0.277. The summed E-state index contributed by atoms with van der Waals surface area (Å²) < 4.78 is 6.80. The highest BCUT2D eigenvalue weighted by molar-refractivity contribution is 9.10. The predicted octanol–water partition coefficient (Wildman–Crippen LogP) is 3.49. The molecule has 19 heavy (non-hydrogen) atoms. The van der Waals surface area contributed by atoms with Gasteiger partial charge in [-0.3, -0.25) is 0 Å². The van der Waals surface area contributed by atoms with Crippen LogP contribution in [-0.2, 0) is 6.54 Å². The molecule has 2 unspecified atom stereocenters. The third-order valence-electron chi connectivity index (χ3n) is 2.82. The maximum Gasteiger partial charge on any atom is 0.123 e. The molecule has 0 amide bonds. The smallest absolute Gasteiger partial charge is 0.123 e. The molecule has 0 aromatic heterocycles. The number of halogens is 1. The summed E-state index contributed by atoms with van der Waals surface area (Å²) in [5.74, 6) is 0.932. The van der Waals surface area contributed by atoms with Gasteiger partial charge in [0.05, 0.1) is 12.7 Å². The molecule has 0 aliphatic heterocycles. The Kier molecular flexibility index (Phi) is 7.42. The van der Waals surface area contributed by atoms with Crippen LogP contribution in [0.15, 0.2) is 22.7 Å². The fourth-order valence-corrected chi connectivity index (χ4v) is 2.33. The summed E-state index contributed by atoms with van der Waals surface area (Å²) in [6, 6.07) is 6.34. The van der Waals surface area contributed by atoms with Crippen molar-refractivity contribution in [3.63, 3.8) is 0 Å². The molecule has 0 heterocycles. The van der Waals surface area contributed by atoms with Crippen LogP contribution in [0.25, 0.3) is 0 Å². The number of benzene rings is 1. The number of hydrogen-bond acceptors (Lipinski definition) is 3. The van der Waals surface area contributed by atoms with Crippen molar-refractivity contribution in [3.8, 4) is 5.75 Å². The van der Waals surface area contributed by atoms with Crippen molar-refractivity contribution in [2.75, 3.05) is 6.61 Å². The highest BCUT2D eigenvalue weighted by Gasteiger charge is 2.09. The molecule has 2 atom stereocenters. The molecule has 4 heteroatoms. The van der Waals surface area contributed by atoms with E-state index in [0.29, 0.717) is 0 Å². The molecule has 0 aliphatic carbocycles. The first-order valence-electron chi connectivity index (χ1n) is 6.85. The van der Waals surface area contributed by atoms with E-state index in [-0.39, 0.29) is 12.1 Å². The molecule has 1 rings (SSSR count). The number of aliphatic hydroxyl groups is 1. The quantitative estimate of drug-likeness (QED) is 0.767. The third kappa shape index (κ3) is 6.41. The Morgan fingerprint density at radius 1 is 1.37 bits per heavy atom. The number of hydrogen-bond donors (Lipinski definition) is 2.